The third-order valence-electron chi connectivity index (χ3n) is 4.82. The molecule has 1 fully saturated rings. The number of nitrogens with one attached hydrogen (secondary N) is 2. The lowest BCUT2D eigenvalue weighted by Crippen LogP contribution is -2.40. The summed E-state index contributed by atoms with van der Waals surface area (Å²) in [5, 5.41) is 2.76. The van der Waals surface area contributed by atoms with Crippen LogP contribution in [0.2, 0.25) is 0 Å². The predicted octanol–water partition coefficient (Wildman–Crippen LogP) is 1.48. The number of carbonyl (C=O) groups excluding carboxylic acids is 1. The highest BCUT2D eigenvalue weighted by Crippen LogP contribution is 2.35. The molecule has 1 atom stereocenters. The molecule has 3 heterocycles. The molecule has 8 nitrogen and oxygen atoms in total. The molecule has 2 aliphatic heterocycles. The Morgan fingerprint density at radius 3 is 2.89 bits per heavy atom. The van der Waals surface area contributed by atoms with Gasteiger partial charge in [0.25, 0.3) is 5.56 Å². The van der Waals surface area contributed by atoms with Crippen LogP contribution in [0.1, 0.15) is 30.4 Å². The second kappa shape index (κ2) is 7.40. The molecule has 1 unspecified atom stereocenters. The molecule has 1 aromatic heterocycles. The second-order valence-electron chi connectivity index (χ2n) is 6.56. The monoisotopic (exact) mass is 370 g/mol. The van der Waals surface area contributed by atoms with E-state index in [1.165, 1.54) is 0 Å². The zero-order chi connectivity index (χ0) is 18.8. The third kappa shape index (κ3) is 3.52. The van der Waals surface area contributed by atoms with Crippen LogP contribution in [-0.2, 0) is 9.53 Å². The fourth-order valence-corrected chi connectivity index (χ4v) is 3.56. The van der Waals surface area contributed by atoms with E-state index in [0.29, 0.717) is 50.2 Å². The van der Waals surface area contributed by atoms with Gasteiger partial charge in [-0.1, -0.05) is 12.1 Å². The average Bonchev–Trinajstić information content (AvgIpc) is 2.68. The number of ether oxygens (including phenoxy) is 2. The van der Waals surface area contributed by atoms with Gasteiger partial charge < -0.3 is 19.7 Å². The molecule has 2 N–H and O–H groups in total. The number of hydrogen-bond acceptors (Lipinski definition) is 6. The zero-order valence-electron chi connectivity index (χ0n) is 15.2. The number of morpholine rings is 1. The number of fused-ring (bicyclic) bond motifs is 1. The number of aromatic nitrogens is 2. The minimum absolute atomic E-state index is 0.152. The van der Waals surface area contributed by atoms with Crippen LogP contribution in [0.15, 0.2) is 29.1 Å². The van der Waals surface area contributed by atoms with E-state index >= 15 is 0 Å². The van der Waals surface area contributed by atoms with Crippen LogP contribution in [0, 0.1) is 0 Å². The van der Waals surface area contributed by atoms with E-state index < -0.39 is 0 Å². The Balaban J connectivity index is 1.74. The first-order valence-corrected chi connectivity index (χ1v) is 9.15. The molecule has 1 saturated heterocycles. The first-order chi connectivity index (χ1) is 13.2. The summed E-state index contributed by atoms with van der Waals surface area (Å²) in [6.45, 7) is 4.93. The fourth-order valence-electron chi connectivity index (χ4n) is 3.56. The van der Waals surface area contributed by atoms with Crippen molar-refractivity contribution in [2.45, 2.75) is 19.3 Å². The maximum absolute atomic E-state index is 12.9. The Bertz CT molecular complexity index is 905. The Morgan fingerprint density at radius 1 is 1.30 bits per heavy atom. The average molecular weight is 370 g/mol. The quantitative estimate of drug-likeness (QED) is 0.846. The smallest absolute Gasteiger partial charge is 0.258 e. The van der Waals surface area contributed by atoms with Gasteiger partial charge in [0.05, 0.1) is 25.4 Å². The number of hydrogen-bond donors (Lipinski definition) is 2. The van der Waals surface area contributed by atoms with Gasteiger partial charge in [0.2, 0.25) is 11.9 Å². The second-order valence-corrected chi connectivity index (χ2v) is 6.56. The minimum atomic E-state index is -0.357. The molecule has 1 amide bonds. The van der Waals surface area contributed by atoms with E-state index in [9.17, 15) is 9.59 Å². The first kappa shape index (κ1) is 17.5. The van der Waals surface area contributed by atoms with Gasteiger partial charge in [-0.2, -0.15) is 4.98 Å². The summed E-state index contributed by atoms with van der Waals surface area (Å²) in [6.07, 6.45) is 0.199. The van der Waals surface area contributed by atoms with Crippen molar-refractivity contribution in [3.8, 4) is 5.75 Å². The molecule has 8 heteroatoms. The van der Waals surface area contributed by atoms with E-state index in [-0.39, 0.29) is 23.8 Å². The fraction of sp³-hybridized carbons (Fsp3) is 0.421. The molecule has 1 aromatic carbocycles. The van der Waals surface area contributed by atoms with Gasteiger partial charge >= 0.3 is 0 Å². The Hall–Kier alpha value is -2.87. The molecule has 0 bridgehead atoms. The van der Waals surface area contributed by atoms with Crippen LogP contribution in [0.25, 0.3) is 0 Å². The van der Waals surface area contributed by atoms with Crippen LogP contribution >= 0.6 is 0 Å². The molecule has 0 saturated carbocycles. The lowest BCUT2D eigenvalue weighted by Gasteiger charge is -2.29. The summed E-state index contributed by atoms with van der Waals surface area (Å²) in [4.78, 5) is 34.6. The summed E-state index contributed by atoms with van der Waals surface area (Å²) in [5.74, 6) is 1.01. The Labute approximate surface area is 156 Å². The molecular weight excluding hydrogens is 348 g/mol. The number of rotatable bonds is 4. The number of amides is 1. The lowest BCUT2D eigenvalue weighted by atomic mass is 9.87. The number of H-pyrrole nitrogens is 1. The SMILES string of the molecule is CCOc1cccc(C2CC(=O)Nc3nc(N4CCOCC4)[nH]c(=O)c32)c1. The van der Waals surface area contributed by atoms with E-state index in [4.69, 9.17) is 9.47 Å². The number of aromatic amines is 1. The highest BCUT2D eigenvalue weighted by atomic mass is 16.5. The standard InChI is InChI=1S/C19H22N4O4/c1-2-27-13-5-3-4-12(10-13)14-11-15(24)20-17-16(14)18(25)22-19(21-17)23-6-8-26-9-7-23/h3-5,10,14H,2,6-9,11H2,1H3,(H2,20,21,22,24,25). The molecule has 0 radical (unpaired) electrons. The maximum atomic E-state index is 12.9. The largest absolute Gasteiger partial charge is 0.494 e. The molecule has 0 aliphatic carbocycles. The molecular formula is C19H22N4O4. The summed E-state index contributed by atoms with van der Waals surface area (Å²) < 4.78 is 10.9. The van der Waals surface area contributed by atoms with Crippen molar-refractivity contribution in [3.05, 3.63) is 45.7 Å². The number of anilines is 2. The van der Waals surface area contributed by atoms with Crippen molar-refractivity contribution >= 4 is 17.7 Å². The predicted molar refractivity (Wildman–Crippen MR) is 101 cm³/mol. The van der Waals surface area contributed by atoms with Crippen molar-refractivity contribution in [1.29, 1.82) is 0 Å². The van der Waals surface area contributed by atoms with Crippen molar-refractivity contribution in [2.24, 2.45) is 0 Å². The maximum Gasteiger partial charge on any atom is 0.258 e. The van der Waals surface area contributed by atoms with Crippen LogP contribution in [0.3, 0.4) is 0 Å². The van der Waals surface area contributed by atoms with Gasteiger partial charge in [-0.15, -0.1) is 0 Å². The molecule has 2 aliphatic rings. The molecule has 27 heavy (non-hydrogen) atoms. The van der Waals surface area contributed by atoms with Crippen molar-refractivity contribution in [3.63, 3.8) is 0 Å². The number of benzene rings is 1. The van der Waals surface area contributed by atoms with E-state index in [1.807, 2.05) is 36.1 Å². The molecule has 142 valence electrons. The van der Waals surface area contributed by atoms with Gasteiger partial charge in [0, 0.05) is 25.4 Å². The summed E-state index contributed by atoms with van der Waals surface area (Å²) in [6, 6.07) is 7.52. The zero-order valence-corrected chi connectivity index (χ0v) is 15.2. The van der Waals surface area contributed by atoms with Gasteiger partial charge in [0.1, 0.15) is 11.6 Å². The number of carbonyl (C=O) groups is 1. The van der Waals surface area contributed by atoms with E-state index in [2.05, 4.69) is 15.3 Å². The van der Waals surface area contributed by atoms with Gasteiger partial charge in [-0.05, 0) is 24.6 Å². The van der Waals surface area contributed by atoms with E-state index in [1.54, 1.807) is 0 Å². The lowest BCUT2D eigenvalue weighted by molar-refractivity contribution is -0.116. The normalized spacial score (nSPS) is 19.4. The van der Waals surface area contributed by atoms with Gasteiger partial charge in [-0.25, -0.2) is 0 Å². The number of nitrogens with zero attached hydrogens (tertiary/aromatic N) is 2. The molecule has 2 aromatic rings. The molecule has 0 spiro atoms. The van der Waals surface area contributed by atoms with Crippen LogP contribution in [0.4, 0.5) is 11.8 Å². The van der Waals surface area contributed by atoms with Crippen molar-refractivity contribution in [2.75, 3.05) is 43.1 Å². The summed E-state index contributed by atoms with van der Waals surface area (Å²) in [7, 11) is 0. The molecule has 4 rings (SSSR count). The Morgan fingerprint density at radius 2 is 2.11 bits per heavy atom. The highest BCUT2D eigenvalue weighted by molar-refractivity contribution is 5.94. The summed E-state index contributed by atoms with van der Waals surface area (Å²) in [5.41, 5.74) is 1.12. The third-order valence-corrected chi connectivity index (χ3v) is 4.82. The van der Waals surface area contributed by atoms with Crippen LogP contribution in [-0.4, -0.2) is 48.8 Å². The van der Waals surface area contributed by atoms with E-state index in [0.717, 1.165) is 11.3 Å². The topological polar surface area (TPSA) is 96.5 Å². The van der Waals surface area contributed by atoms with Crippen molar-refractivity contribution < 1.29 is 14.3 Å². The highest BCUT2D eigenvalue weighted by Gasteiger charge is 2.31. The van der Waals surface area contributed by atoms with Gasteiger partial charge in [0.15, 0.2) is 0 Å². The minimum Gasteiger partial charge on any atom is -0.494 e. The first-order valence-electron chi connectivity index (χ1n) is 9.15. The Kier molecular flexibility index (Phi) is 4.81. The van der Waals surface area contributed by atoms with Crippen LogP contribution < -0.4 is 20.5 Å². The van der Waals surface area contributed by atoms with Crippen LogP contribution in [0.5, 0.6) is 5.75 Å². The van der Waals surface area contributed by atoms with Crippen molar-refractivity contribution in [1.82, 2.24) is 9.97 Å². The summed E-state index contributed by atoms with van der Waals surface area (Å²) >= 11 is 0. The van der Waals surface area contributed by atoms with Gasteiger partial charge in [-0.3, -0.25) is 14.6 Å².